The number of alkyl halides is 3. The van der Waals surface area contributed by atoms with Gasteiger partial charge in [0, 0.05) is 35.5 Å². The minimum absolute atomic E-state index is 0.0334. The van der Waals surface area contributed by atoms with Crippen molar-refractivity contribution in [1.29, 1.82) is 0 Å². The van der Waals surface area contributed by atoms with Crippen molar-refractivity contribution < 1.29 is 27.8 Å². The van der Waals surface area contributed by atoms with E-state index in [1.165, 1.54) is 41.2 Å². The smallest absolute Gasteiger partial charge is 0.417 e. The number of pyridine rings is 3. The number of halogens is 3. The summed E-state index contributed by atoms with van der Waals surface area (Å²) in [5, 5.41) is 11.2. The lowest BCUT2D eigenvalue weighted by atomic mass is 9.97. The number of fused-ring (bicyclic) bond motifs is 1. The Kier molecular flexibility index (Phi) is 7.08. The predicted molar refractivity (Wildman–Crippen MR) is 143 cm³/mol. The summed E-state index contributed by atoms with van der Waals surface area (Å²) in [5.74, 6) is -1.57. The number of ether oxygens (including phenoxy) is 1. The zero-order chi connectivity index (χ0) is 28.4. The van der Waals surface area contributed by atoms with E-state index in [4.69, 9.17) is 4.74 Å². The van der Waals surface area contributed by atoms with Gasteiger partial charge in [0.15, 0.2) is 11.4 Å². The average molecular weight is 546 g/mol. The lowest BCUT2D eigenvalue weighted by Gasteiger charge is -2.19. The van der Waals surface area contributed by atoms with E-state index in [1.807, 2.05) is 30.3 Å². The summed E-state index contributed by atoms with van der Waals surface area (Å²) in [6.07, 6.45) is -1.39. The number of esters is 1. The van der Waals surface area contributed by atoms with Gasteiger partial charge < -0.3 is 14.4 Å². The molecular weight excluding hydrogens is 523 g/mol. The van der Waals surface area contributed by atoms with Gasteiger partial charge >= 0.3 is 12.1 Å². The van der Waals surface area contributed by atoms with E-state index in [9.17, 15) is 27.9 Å². The van der Waals surface area contributed by atoms with E-state index < -0.39 is 34.7 Å². The zero-order valence-electron chi connectivity index (χ0n) is 21.1. The summed E-state index contributed by atoms with van der Waals surface area (Å²) in [5.41, 5.74) is -1.21. The van der Waals surface area contributed by atoms with Crippen LogP contribution in [0.4, 0.5) is 13.2 Å². The molecule has 10 heteroatoms. The number of aromatic hydroxyl groups is 1. The zero-order valence-corrected chi connectivity index (χ0v) is 21.1. The molecule has 0 bridgehead atoms. The number of nitrogens with zero attached hydrogens (tertiary/aromatic N) is 3. The molecule has 0 aliphatic rings. The third kappa shape index (κ3) is 4.91. The molecule has 40 heavy (non-hydrogen) atoms. The number of carbonyl (C=O) groups is 1. The maximum Gasteiger partial charge on any atom is 0.417 e. The molecule has 0 fully saturated rings. The lowest BCUT2D eigenvalue weighted by Crippen LogP contribution is -2.25. The van der Waals surface area contributed by atoms with Gasteiger partial charge in [-0.1, -0.05) is 48.5 Å². The Balaban J connectivity index is 1.90. The molecule has 0 spiro atoms. The predicted octanol–water partition coefficient (Wildman–Crippen LogP) is 5.88. The first-order chi connectivity index (χ1) is 19.2. The number of rotatable bonds is 6. The van der Waals surface area contributed by atoms with Crippen LogP contribution in [-0.2, 0) is 23.9 Å². The fourth-order valence-corrected chi connectivity index (χ4v) is 4.65. The molecule has 5 rings (SSSR count). The molecule has 0 radical (unpaired) electrons. The number of hydrogen-bond acceptors (Lipinski definition) is 6. The Morgan fingerprint density at radius 1 is 1.00 bits per heavy atom. The molecule has 0 aliphatic heterocycles. The first-order valence-electron chi connectivity index (χ1n) is 12.2. The van der Waals surface area contributed by atoms with E-state index in [1.54, 1.807) is 12.1 Å². The van der Waals surface area contributed by atoms with Crippen LogP contribution in [0, 0.1) is 0 Å². The molecule has 5 aromatic rings. The monoisotopic (exact) mass is 545 g/mol. The van der Waals surface area contributed by atoms with E-state index in [-0.39, 0.29) is 34.3 Å². The number of carbonyl (C=O) groups excluding carboxylic acids is 1. The van der Waals surface area contributed by atoms with Crippen molar-refractivity contribution in [2.75, 3.05) is 7.11 Å². The number of methoxy groups -OCH3 is 1. The van der Waals surface area contributed by atoms with Crippen LogP contribution in [0.25, 0.3) is 33.3 Å². The van der Waals surface area contributed by atoms with Gasteiger partial charge in [0.1, 0.15) is 0 Å². The molecule has 0 saturated carbocycles. The highest BCUT2D eigenvalue weighted by molar-refractivity contribution is 6.04. The first kappa shape index (κ1) is 26.6. The van der Waals surface area contributed by atoms with Crippen molar-refractivity contribution in [2.45, 2.75) is 19.1 Å². The summed E-state index contributed by atoms with van der Waals surface area (Å²) >= 11 is 0. The minimum atomic E-state index is -4.74. The quantitative estimate of drug-likeness (QED) is 0.268. The summed E-state index contributed by atoms with van der Waals surface area (Å²) in [7, 11) is 1.11. The number of hydrogen-bond donors (Lipinski definition) is 1. The van der Waals surface area contributed by atoms with Crippen LogP contribution < -0.4 is 5.56 Å². The van der Waals surface area contributed by atoms with Crippen LogP contribution >= 0.6 is 0 Å². The molecule has 3 heterocycles. The van der Waals surface area contributed by atoms with Gasteiger partial charge in [-0.3, -0.25) is 9.78 Å². The highest BCUT2D eigenvalue weighted by Crippen LogP contribution is 2.39. The molecule has 0 aliphatic carbocycles. The Morgan fingerprint density at radius 2 is 1.73 bits per heavy atom. The van der Waals surface area contributed by atoms with E-state index in [2.05, 4.69) is 9.97 Å². The van der Waals surface area contributed by atoms with Gasteiger partial charge in [0.05, 0.1) is 23.9 Å². The molecule has 0 atom stereocenters. The second kappa shape index (κ2) is 10.6. The molecule has 7 nitrogen and oxygen atoms in total. The molecular formula is C30H22F3N3O4. The van der Waals surface area contributed by atoms with Gasteiger partial charge in [0.25, 0.3) is 5.56 Å². The Morgan fingerprint density at radius 3 is 2.40 bits per heavy atom. The van der Waals surface area contributed by atoms with Crippen LogP contribution in [0.5, 0.6) is 5.75 Å². The number of benzene rings is 2. The molecule has 0 amide bonds. The normalized spacial score (nSPS) is 11.5. The molecule has 2 aromatic carbocycles. The Labute approximate surface area is 226 Å². The van der Waals surface area contributed by atoms with Crippen molar-refractivity contribution in [3.05, 3.63) is 112 Å². The molecule has 0 saturated heterocycles. The molecule has 3 aromatic heterocycles. The number of aryl methyl sites for hydroxylation is 2. The summed E-state index contributed by atoms with van der Waals surface area (Å²) in [6.45, 7) is 0.0489. The first-order valence-corrected chi connectivity index (χ1v) is 12.2. The molecule has 202 valence electrons. The molecule has 0 unspecified atom stereocenters. The van der Waals surface area contributed by atoms with Crippen molar-refractivity contribution >= 4 is 16.9 Å². The van der Waals surface area contributed by atoms with Crippen LogP contribution in [0.3, 0.4) is 0 Å². The van der Waals surface area contributed by atoms with E-state index in [0.717, 1.165) is 18.7 Å². The largest absolute Gasteiger partial charge is 0.505 e. The third-order valence-corrected chi connectivity index (χ3v) is 6.52. The van der Waals surface area contributed by atoms with Crippen LogP contribution in [0.1, 0.15) is 21.6 Å². The summed E-state index contributed by atoms with van der Waals surface area (Å²) < 4.78 is 48.1. The van der Waals surface area contributed by atoms with Gasteiger partial charge in [-0.15, -0.1) is 0 Å². The second-order valence-electron chi connectivity index (χ2n) is 8.95. The van der Waals surface area contributed by atoms with Gasteiger partial charge in [-0.25, -0.2) is 9.78 Å². The summed E-state index contributed by atoms with van der Waals surface area (Å²) in [6, 6.07) is 18.4. The van der Waals surface area contributed by atoms with Crippen LogP contribution in [0.15, 0.2) is 90.0 Å². The van der Waals surface area contributed by atoms with Crippen LogP contribution in [0.2, 0.25) is 0 Å². The topological polar surface area (TPSA) is 94.3 Å². The lowest BCUT2D eigenvalue weighted by molar-refractivity contribution is -0.137. The van der Waals surface area contributed by atoms with E-state index in [0.29, 0.717) is 12.0 Å². The highest BCUT2D eigenvalue weighted by Gasteiger charge is 2.34. The highest BCUT2D eigenvalue weighted by atomic mass is 19.4. The fraction of sp³-hybridized carbons (Fsp3) is 0.133. The minimum Gasteiger partial charge on any atom is -0.505 e. The van der Waals surface area contributed by atoms with Crippen molar-refractivity contribution in [2.24, 2.45) is 0 Å². The van der Waals surface area contributed by atoms with Gasteiger partial charge in [-0.2, -0.15) is 13.2 Å². The Bertz CT molecular complexity index is 1770. The van der Waals surface area contributed by atoms with Crippen molar-refractivity contribution in [3.8, 4) is 28.1 Å². The second-order valence-corrected chi connectivity index (χ2v) is 8.95. The van der Waals surface area contributed by atoms with Crippen LogP contribution in [-0.4, -0.2) is 32.7 Å². The van der Waals surface area contributed by atoms with Crippen molar-refractivity contribution in [3.63, 3.8) is 0 Å². The maximum absolute atomic E-state index is 14.0. The third-order valence-electron chi connectivity index (χ3n) is 6.52. The Hall–Kier alpha value is -4.99. The van der Waals surface area contributed by atoms with Gasteiger partial charge in [-0.05, 0) is 41.8 Å². The maximum atomic E-state index is 14.0. The molecule has 1 N–H and O–H groups in total. The standard InChI is InChI=1S/C30H22F3N3O4/c1-40-29(39)25-27(37)22-16-21(20-11-5-6-12-23(20)30(31,32)33)28(38)36(15-13-18-8-3-2-4-9-18)26(22)24(35-25)19-10-7-14-34-17-19/h2-12,14,16-17,37H,13,15H2,1H3. The fourth-order valence-electron chi connectivity index (χ4n) is 4.65. The van der Waals surface area contributed by atoms with E-state index >= 15 is 0 Å². The van der Waals surface area contributed by atoms with Gasteiger partial charge in [0.2, 0.25) is 0 Å². The number of aromatic nitrogens is 3. The summed E-state index contributed by atoms with van der Waals surface area (Å²) in [4.78, 5) is 35.1. The SMILES string of the molecule is COC(=O)c1nc(-c2cccnc2)c2c(cc(-c3ccccc3C(F)(F)F)c(=O)n2CCc2ccccc2)c1O. The van der Waals surface area contributed by atoms with Crippen molar-refractivity contribution in [1.82, 2.24) is 14.5 Å². The average Bonchev–Trinajstić information content (AvgIpc) is 2.97.